The Balaban J connectivity index is 4.24. The Morgan fingerprint density at radius 2 is 1.85 bits per heavy atom. The summed E-state index contributed by atoms with van der Waals surface area (Å²) < 4.78 is 5.51. The molecule has 0 aliphatic heterocycles. The minimum atomic E-state index is -0.168. The van der Waals surface area contributed by atoms with Crippen molar-refractivity contribution in [3.05, 3.63) is 36.0 Å². The summed E-state index contributed by atoms with van der Waals surface area (Å²) in [4.78, 5) is 11.7. The van der Waals surface area contributed by atoms with Crippen LogP contribution < -0.4 is 0 Å². The predicted octanol–water partition coefficient (Wildman–Crippen LogP) is 5.36. The van der Waals surface area contributed by atoms with Crippen molar-refractivity contribution in [3.8, 4) is 0 Å². The molecule has 0 bridgehead atoms. The van der Waals surface area contributed by atoms with Crippen LogP contribution in [-0.4, -0.2) is 12.1 Å². The van der Waals surface area contributed by atoms with E-state index in [2.05, 4.69) is 33.1 Å². The van der Waals surface area contributed by atoms with Crippen LogP contribution >= 0.6 is 0 Å². The van der Waals surface area contributed by atoms with Gasteiger partial charge >= 0.3 is 5.97 Å². The van der Waals surface area contributed by atoms with Gasteiger partial charge in [0.15, 0.2) is 0 Å². The van der Waals surface area contributed by atoms with Gasteiger partial charge in [0, 0.05) is 6.42 Å². The smallest absolute Gasteiger partial charge is 0.306 e. The number of carbonyl (C=O) groups excluding carboxylic acids is 1. The zero-order valence-corrected chi connectivity index (χ0v) is 13.6. The van der Waals surface area contributed by atoms with E-state index in [1.807, 2.05) is 13.8 Å². The van der Waals surface area contributed by atoms with Crippen LogP contribution in [0.25, 0.3) is 0 Å². The molecule has 0 aromatic rings. The summed E-state index contributed by atoms with van der Waals surface area (Å²) in [6, 6.07) is 0. The summed E-state index contributed by atoms with van der Waals surface area (Å²) in [5.74, 6) is -0.105. The predicted molar refractivity (Wildman–Crippen MR) is 86.6 cm³/mol. The lowest BCUT2D eigenvalue weighted by Gasteiger charge is -2.17. The van der Waals surface area contributed by atoms with Gasteiger partial charge in [0.05, 0.1) is 0 Å². The second-order valence-electron chi connectivity index (χ2n) is 5.53. The molecule has 0 saturated carbocycles. The topological polar surface area (TPSA) is 26.3 Å². The molecule has 20 heavy (non-hydrogen) atoms. The van der Waals surface area contributed by atoms with E-state index < -0.39 is 0 Å². The molecule has 0 radical (unpaired) electrons. The minimum absolute atomic E-state index is 0.105. The quantitative estimate of drug-likeness (QED) is 0.233. The molecule has 0 aromatic heterocycles. The van der Waals surface area contributed by atoms with Crippen molar-refractivity contribution in [2.75, 3.05) is 0 Å². The number of allylic oxidation sites excluding steroid dienone is 3. The van der Waals surface area contributed by atoms with Crippen molar-refractivity contribution in [1.82, 2.24) is 0 Å². The van der Waals surface area contributed by atoms with Gasteiger partial charge in [-0.3, -0.25) is 4.79 Å². The average Bonchev–Trinajstić information content (AvgIpc) is 2.37. The maximum Gasteiger partial charge on any atom is 0.306 e. The lowest BCUT2D eigenvalue weighted by molar-refractivity contribution is -0.147. The van der Waals surface area contributed by atoms with Crippen molar-refractivity contribution in [2.45, 2.75) is 72.3 Å². The summed E-state index contributed by atoms with van der Waals surface area (Å²) in [6.07, 6.45) is 7.25. The second-order valence-corrected chi connectivity index (χ2v) is 5.53. The molecule has 0 rings (SSSR count). The lowest BCUT2D eigenvalue weighted by atomic mass is 10.0. The van der Waals surface area contributed by atoms with Crippen LogP contribution in [0.3, 0.4) is 0 Å². The minimum Gasteiger partial charge on any atom is -0.458 e. The van der Waals surface area contributed by atoms with Crippen LogP contribution in [0, 0.1) is 0 Å². The highest BCUT2D eigenvalue weighted by molar-refractivity contribution is 5.69. The van der Waals surface area contributed by atoms with E-state index in [1.165, 1.54) is 5.57 Å². The van der Waals surface area contributed by atoms with Crippen molar-refractivity contribution in [1.29, 1.82) is 0 Å². The molecule has 0 fully saturated rings. The second kappa shape index (κ2) is 10.5. The first-order valence-corrected chi connectivity index (χ1v) is 7.56. The monoisotopic (exact) mass is 278 g/mol. The Morgan fingerprint density at radius 3 is 2.35 bits per heavy atom. The highest BCUT2D eigenvalue weighted by Crippen LogP contribution is 2.15. The molecule has 0 N–H and O–H groups in total. The van der Waals surface area contributed by atoms with Gasteiger partial charge < -0.3 is 4.74 Å². The van der Waals surface area contributed by atoms with Gasteiger partial charge in [0.2, 0.25) is 0 Å². The fraction of sp³-hybridized carbons (Fsp3) is 0.611. The van der Waals surface area contributed by atoms with Gasteiger partial charge in [0.1, 0.15) is 6.10 Å². The number of carbonyl (C=O) groups is 1. The summed E-state index contributed by atoms with van der Waals surface area (Å²) in [5, 5.41) is 0. The number of unbranched alkanes of at least 4 members (excludes halogenated alkanes) is 2. The van der Waals surface area contributed by atoms with E-state index in [-0.39, 0.29) is 12.1 Å². The van der Waals surface area contributed by atoms with Gasteiger partial charge in [-0.1, -0.05) is 50.1 Å². The van der Waals surface area contributed by atoms with Gasteiger partial charge in [0.25, 0.3) is 0 Å². The molecule has 1 atom stereocenters. The molecular formula is C18H30O2. The average molecular weight is 278 g/mol. The fourth-order valence-corrected chi connectivity index (χ4v) is 1.77. The van der Waals surface area contributed by atoms with Crippen molar-refractivity contribution in [2.24, 2.45) is 0 Å². The molecule has 2 heteroatoms. The molecule has 0 saturated heterocycles. The Labute approximate surface area is 124 Å². The number of esters is 1. The van der Waals surface area contributed by atoms with E-state index in [1.54, 1.807) is 0 Å². The third-order valence-corrected chi connectivity index (χ3v) is 3.36. The van der Waals surface area contributed by atoms with Crippen LogP contribution in [0.5, 0.6) is 0 Å². The lowest BCUT2D eigenvalue weighted by Crippen LogP contribution is -2.18. The van der Waals surface area contributed by atoms with E-state index in [0.29, 0.717) is 6.42 Å². The normalized spacial score (nSPS) is 12.9. The van der Waals surface area contributed by atoms with Gasteiger partial charge in [-0.25, -0.2) is 0 Å². The first-order chi connectivity index (χ1) is 9.38. The first-order valence-electron chi connectivity index (χ1n) is 7.56. The Kier molecular flexibility index (Phi) is 9.79. The molecule has 0 heterocycles. The number of hydrogen-bond donors (Lipinski definition) is 0. The van der Waals surface area contributed by atoms with Crippen molar-refractivity contribution >= 4 is 5.97 Å². The number of rotatable bonds is 10. The first kappa shape index (κ1) is 18.7. The highest BCUT2D eigenvalue weighted by Gasteiger charge is 2.14. The Morgan fingerprint density at radius 1 is 1.20 bits per heavy atom. The van der Waals surface area contributed by atoms with Gasteiger partial charge in [-0.05, 0) is 45.6 Å². The van der Waals surface area contributed by atoms with Gasteiger partial charge in [-0.2, -0.15) is 0 Å². The van der Waals surface area contributed by atoms with Gasteiger partial charge in [-0.15, -0.1) is 0 Å². The van der Waals surface area contributed by atoms with Crippen molar-refractivity contribution < 1.29 is 9.53 Å². The van der Waals surface area contributed by atoms with E-state index in [0.717, 1.165) is 43.3 Å². The zero-order valence-electron chi connectivity index (χ0n) is 13.6. The molecule has 114 valence electrons. The number of hydrogen-bond acceptors (Lipinski definition) is 2. The Bertz CT molecular complexity index is 364. The third kappa shape index (κ3) is 8.73. The summed E-state index contributed by atoms with van der Waals surface area (Å²) >= 11 is 0. The van der Waals surface area contributed by atoms with Crippen LogP contribution in [-0.2, 0) is 9.53 Å². The fourth-order valence-electron chi connectivity index (χ4n) is 1.77. The third-order valence-electron chi connectivity index (χ3n) is 3.36. The SMILES string of the molecule is C=C(C)/C(C)=C\CCC(OC(=O)CCCCC)C(=C)C. The molecular weight excluding hydrogens is 248 g/mol. The number of ether oxygens (including phenoxy) is 1. The standard InChI is InChI=1S/C18H30O2/c1-7-8-9-13-18(19)20-17(15(4)5)12-10-11-16(6)14(2)3/h11,17H,2,4,7-10,12-13H2,1,3,5-6H3/b16-11-. The van der Waals surface area contributed by atoms with E-state index in [9.17, 15) is 4.79 Å². The highest BCUT2D eigenvalue weighted by atomic mass is 16.5. The molecule has 0 spiro atoms. The summed E-state index contributed by atoms with van der Waals surface area (Å²) in [6.45, 7) is 15.9. The van der Waals surface area contributed by atoms with Crippen LogP contribution in [0.1, 0.15) is 66.2 Å². The maximum atomic E-state index is 11.7. The summed E-state index contributed by atoms with van der Waals surface area (Å²) in [5.41, 5.74) is 3.18. The van der Waals surface area contributed by atoms with Crippen LogP contribution in [0.2, 0.25) is 0 Å². The summed E-state index contributed by atoms with van der Waals surface area (Å²) in [7, 11) is 0. The molecule has 1 unspecified atom stereocenters. The van der Waals surface area contributed by atoms with Crippen LogP contribution in [0.15, 0.2) is 36.0 Å². The molecule has 0 amide bonds. The molecule has 0 aromatic carbocycles. The Hall–Kier alpha value is -1.31. The van der Waals surface area contributed by atoms with E-state index >= 15 is 0 Å². The molecule has 2 nitrogen and oxygen atoms in total. The largest absolute Gasteiger partial charge is 0.458 e. The molecule has 0 aliphatic carbocycles. The zero-order chi connectivity index (χ0) is 15.5. The maximum absolute atomic E-state index is 11.7. The van der Waals surface area contributed by atoms with Crippen LogP contribution in [0.4, 0.5) is 0 Å². The van der Waals surface area contributed by atoms with E-state index in [4.69, 9.17) is 4.74 Å². The molecule has 0 aliphatic rings. The van der Waals surface area contributed by atoms with Crippen molar-refractivity contribution in [3.63, 3.8) is 0 Å².